The maximum absolute atomic E-state index is 13.0. The van der Waals surface area contributed by atoms with Gasteiger partial charge >= 0.3 is 0 Å². The van der Waals surface area contributed by atoms with Gasteiger partial charge in [0.2, 0.25) is 0 Å². The zero-order valence-electron chi connectivity index (χ0n) is 15.9. The summed E-state index contributed by atoms with van der Waals surface area (Å²) in [7, 11) is 0. The van der Waals surface area contributed by atoms with Crippen molar-refractivity contribution < 1.29 is 14.3 Å². The highest BCUT2D eigenvalue weighted by molar-refractivity contribution is 6.12. The van der Waals surface area contributed by atoms with E-state index in [1.165, 1.54) is 0 Å². The molecule has 0 radical (unpaired) electrons. The van der Waals surface area contributed by atoms with Gasteiger partial charge in [0.05, 0.1) is 16.8 Å². The van der Waals surface area contributed by atoms with E-state index in [0.717, 1.165) is 16.6 Å². The van der Waals surface area contributed by atoms with Crippen LogP contribution < -0.4 is 15.4 Å². The summed E-state index contributed by atoms with van der Waals surface area (Å²) in [4.78, 5) is 29.5. The van der Waals surface area contributed by atoms with Crippen molar-refractivity contribution in [2.45, 2.75) is 32.8 Å². The standard InChI is InChI=1S/C22H21N3O3/c1-12(2)18-11-16(15-6-4-5-7-17(15)24-18)22(27)23-14-8-9-20-19(10-14)25-21(26)13(3)28-20/h4-13H,1-3H3,(H,23,27)(H,25,26). The molecular weight excluding hydrogens is 354 g/mol. The van der Waals surface area contributed by atoms with E-state index in [1.54, 1.807) is 25.1 Å². The first-order valence-corrected chi connectivity index (χ1v) is 9.25. The van der Waals surface area contributed by atoms with Crippen LogP contribution in [-0.2, 0) is 4.79 Å². The molecule has 28 heavy (non-hydrogen) atoms. The summed E-state index contributed by atoms with van der Waals surface area (Å²) in [5.74, 6) is 0.352. The summed E-state index contributed by atoms with van der Waals surface area (Å²) in [6, 6.07) is 14.6. The molecule has 0 spiro atoms. The Hall–Kier alpha value is -3.41. The number of hydrogen-bond acceptors (Lipinski definition) is 4. The van der Waals surface area contributed by atoms with E-state index >= 15 is 0 Å². The lowest BCUT2D eigenvalue weighted by Crippen LogP contribution is -2.34. The van der Waals surface area contributed by atoms with Crippen LogP contribution in [0.25, 0.3) is 10.9 Å². The van der Waals surface area contributed by atoms with E-state index in [9.17, 15) is 9.59 Å². The van der Waals surface area contributed by atoms with E-state index in [0.29, 0.717) is 22.7 Å². The summed E-state index contributed by atoms with van der Waals surface area (Å²) in [5, 5.41) is 6.51. The molecule has 1 atom stereocenters. The van der Waals surface area contributed by atoms with Crippen LogP contribution in [0.3, 0.4) is 0 Å². The third-order valence-electron chi connectivity index (χ3n) is 4.74. The molecule has 3 aromatic rings. The molecule has 2 amide bonds. The largest absolute Gasteiger partial charge is 0.479 e. The topological polar surface area (TPSA) is 80.3 Å². The summed E-state index contributed by atoms with van der Waals surface area (Å²) >= 11 is 0. The Balaban J connectivity index is 1.68. The lowest BCUT2D eigenvalue weighted by molar-refractivity contribution is -0.122. The number of fused-ring (bicyclic) bond motifs is 2. The molecule has 0 bridgehead atoms. The van der Waals surface area contributed by atoms with E-state index in [4.69, 9.17) is 4.74 Å². The Labute approximate surface area is 162 Å². The van der Waals surface area contributed by atoms with Crippen molar-refractivity contribution in [3.8, 4) is 5.75 Å². The predicted octanol–water partition coefficient (Wildman–Crippen LogP) is 4.33. The second kappa shape index (κ2) is 6.96. The maximum Gasteiger partial charge on any atom is 0.265 e. The quantitative estimate of drug-likeness (QED) is 0.714. The molecule has 0 fully saturated rings. The van der Waals surface area contributed by atoms with Crippen LogP contribution in [0, 0.1) is 0 Å². The Morgan fingerprint density at radius 2 is 1.96 bits per heavy atom. The molecule has 2 aromatic carbocycles. The van der Waals surface area contributed by atoms with Crippen molar-refractivity contribution in [1.29, 1.82) is 0 Å². The van der Waals surface area contributed by atoms with Crippen LogP contribution in [0.4, 0.5) is 11.4 Å². The molecule has 1 aromatic heterocycles. The second-order valence-corrected chi connectivity index (χ2v) is 7.18. The summed E-state index contributed by atoms with van der Waals surface area (Å²) in [6.45, 7) is 5.78. The molecule has 6 nitrogen and oxygen atoms in total. The lowest BCUT2D eigenvalue weighted by atomic mass is 10.0. The van der Waals surface area contributed by atoms with Crippen molar-refractivity contribution in [2.75, 3.05) is 10.6 Å². The van der Waals surface area contributed by atoms with Crippen molar-refractivity contribution in [1.82, 2.24) is 4.98 Å². The number of pyridine rings is 1. The number of anilines is 2. The molecule has 0 aliphatic carbocycles. The van der Waals surface area contributed by atoms with Gasteiger partial charge in [0.15, 0.2) is 6.10 Å². The molecule has 4 rings (SSSR count). The highest BCUT2D eigenvalue weighted by Crippen LogP contribution is 2.32. The highest BCUT2D eigenvalue weighted by atomic mass is 16.5. The van der Waals surface area contributed by atoms with Crippen LogP contribution in [-0.4, -0.2) is 22.9 Å². The molecule has 2 heterocycles. The summed E-state index contributed by atoms with van der Waals surface area (Å²) < 4.78 is 5.56. The normalized spacial score (nSPS) is 15.7. The highest BCUT2D eigenvalue weighted by Gasteiger charge is 2.24. The van der Waals surface area contributed by atoms with Crippen LogP contribution >= 0.6 is 0 Å². The molecule has 1 aliphatic rings. The third kappa shape index (κ3) is 3.29. The van der Waals surface area contributed by atoms with Gasteiger partial charge in [-0.1, -0.05) is 32.0 Å². The van der Waals surface area contributed by atoms with Crippen LogP contribution in [0.1, 0.15) is 42.7 Å². The Kier molecular flexibility index (Phi) is 4.47. The fraction of sp³-hybridized carbons (Fsp3) is 0.227. The van der Waals surface area contributed by atoms with E-state index in [1.807, 2.05) is 44.2 Å². The minimum atomic E-state index is -0.537. The number of nitrogens with one attached hydrogen (secondary N) is 2. The third-order valence-corrected chi connectivity index (χ3v) is 4.74. The van der Waals surface area contributed by atoms with E-state index in [2.05, 4.69) is 15.6 Å². The number of nitrogens with zero attached hydrogens (tertiary/aromatic N) is 1. The number of carbonyl (C=O) groups is 2. The van der Waals surface area contributed by atoms with Crippen molar-refractivity contribution in [3.63, 3.8) is 0 Å². The minimum Gasteiger partial charge on any atom is -0.479 e. The van der Waals surface area contributed by atoms with Crippen LogP contribution in [0.5, 0.6) is 5.75 Å². The zero-order valence-corrected chi connectivity index (χ0v) is 15.9. The molecule has 0 saturated carbocycles. The lowest BCUT2D eigenvalue weighted by Gasteiger charge is -2.23. The van der Waals surface area contributed by atoms with Crippen molar-refractivity contribution >= 4 is 34.1 Å². The van der Waals surface area contributed by atoms with E-state index in [-0.39, 0.29) is 17.7 Å². The first-order valence-electron chi connectivity index (χ1n) is 9.25. The molecule has 0 saturated heterocycles. The predicted molar refractivity (Wildman–Crippen MR) is 109 cm³/mol. The second-order valence-electron chi connectivity index (χ2n) is 7.18. The minimum absolute atomic E-state index is 0.203. The Morgan fingerprint density at radius 3 is 2.75 bits per heavy atom. The number of para-hydroxylation sites is 1. The average Bonchev–Trinajstić information content (AvgIpc) is 2.68. The number of rotatable bonds is 3. The number of aromatic nitrogens is 1. The number of ether oxygens (including phenoxy) is 1. The SMILES string of the molecule is CC1Oc2ccc(NC(=O)c3cc(C(C)C)nc4ccccc34)cc2NC1=O. The van der Waals surface area contributed by atoms with Crippen molar-refractivity contribution in [2.24, 2.45) is 0 Å². The van der Waals surface area contributed by atoms with Gasteiger partial charge in [0.25, 0.3) is 11.8 Å². The van der Waals surface area contributed by atoms with Crippen LogP contribution in [0.2, 0.25) is 0 Å². The first kappa shape index (κ1) is 18.0. The van der Waals surface area contributed by atoms with Gasteiger partial charge in [0.1, 0.15) is 5.75 Å². The molecule has 1 aliphatic heterocycles. The van der Waals surface area contributed by atoms with Gasteiger partial charge in [-0.05, 0) is 43.2 Å². The first-order chi connectivity index (χ1) is 13.4. The van der Waals surface area contributed by atoms with Gasteiger partial charge < -0.3 is 15.4 Å². The Morgan fingerprint density at radius 1 is 1.18 bits per heavy atom. The van der Waals surface area contributed by atoms with Crippen LogP contribution in [0.15, 0.2) is 48.5 Å². The number of benzene rings is 2. The van der Waals surface area contributed by atoms with Gasteiger partial charge in [-0.3, -0.25) is 14.6 Å². The molecule has 6 heteroatoms. The maximum atomic E-state index is 13.0. The fourth-order valence-electron chi connectivity index (χ4n) is 3.16. The van der Waals surface area contributed by atoms with Crippen molar-refractivity contribution in [3.05, 3.63) is 59.8 Å². The monoisotopic (exact) mass is 375 g/mol. The summed E-state index contributed by atoms with van der Waals surface area (Å²) in [6.07, 6.45) is -0.537. The van der Waals surface area contributed by atoms with Gasteiger partial charge in [-0.15, -0.1) is 0 Å². The number of amides is 2. The smallest absolute Gasteiger partial charge is 0.265 e. The number of carbonyl (C=O) groups excluding carboxylic acids is 2. The molecular formula is C22H21N3O3. The van der Waals surface area contributed by atoms with E-state index < -0.39 is 6.10 Å². The molecule has 142 valence electrons. The fourth-order valence-corrected chi connectivity index (χ4v) is 3.16. The molecule has 2 N–H and O–H groups in total. The zero-order chi connectivity index (χ0) is 19.8. The average molecular weight is 375 g/mol. The Bertz CT molecular complexity index is 1090. The van der Waals surface area contributed by atoms with Gasteiger partial charge in [0, 0.05) is 16.8 Å². The molecule has 1 unspecified atom stereocenters. The summed E-state index contributed by atoms with van der Waals surface area (Å²) in [5.41, 5.74) is 3.35. The van der Waals surface area contributed by atoms with Gasteiger partial charge in [-0.2, -0.15) is 0 Å². The number of hydrogen-bond donors (Lipinski definition) is 2. The van der Waals surface area contributed by atoms with Gasteiger partial charge in [-0.25, -0.2) is 0 Å².